The topological polar surface area (TPSA) is 72.2 Å². The Morgan fingerprint density at radius 2 is 2.15 bits per heavy atom. The molecule has 20 heavy (non-hydrogen) atoms. The monoisotopic (exact) mass is 292 g/mol. The molecule has 4 nitrogen and oxygen atoms in total. The molecule has 3 N–H and O–H groups in total. The summed E-state index contributed by atoms with van der Waals surface area (Å²) in [5, 5.41) is 0. The van der Waals surface area contributed by atoms with Crippen LogP contribution >= 0.6 is 0 Å². The van der Waals surface area contributed by atoms with E-state index in [2.05, 4.69) is 16.6 Å². The Balaban J connectivity index is 2.00. The van der Waals surface area contributed by atoms with Crippen molar-refractivity contribution in [2.24, 2.45) is 11.7 Å². The maximum atomic E-state index is 12.2. The highest BCUT2D eigenvalue weighted by Gasteiger charge is 2.19. The zero-order valence-corrected chi connectivity index (χ0v) is 12.2. The summed E-state index contributed by atoms with van der Waals surface area (Å²) in [6.45, 7) is 0.766. The van der Waals surface area contributed by atoms with Gasteiger partial charge in [0, 0.05) is 12.1 Å². The molecule has 0 spiro atoms. The van der Waals surface area contributed by atoms with Crippen molar-refractivity contribution in [3.8, 4) is 11.8 Å². The molecular weight excluding hydrogens is 272 g/mol. The van der Waals surface area contributed by atoms with E-state index < -0.39 is 10.0 Å². The lowest BCUT2D eigenvalue weighted by molar-refractivity contribution is 0.297. The normalized spacial score (nSPS) is 15.2. The zero-order chi connectivity index (χ0) is 14.4. The van der Waals surface area contributed by atoms with Gasteiger partial charge in [0.25, 0.3) is 0 Å². The average Bonchev–Trinajstić information content (AvgIpc) is 2.39. The molecule has 108 valence electrons. The summed E-state index contributed by atoms with van der Waals surface area (Å²) < 4.78 is 27.0. The quantitative estimate of drug-likeness (QED) is 0.807. The van der Waals surface area contributed by atoms with Gasteiger partial charge in [0.15, 0.2) is 0 Å². The van der Waals surface area contributed by atoms with Crippen molar-refractivity contribution in [3.05, 3.63) is 29.8 Å². The van der Waals surface area contributed by atoms with Crippen LogP contribution in [0.3, 0.4) is 0 Å². The first-order valence-electron chi connectivity index (χ1n) is 6.90. The lowest BCUT2D eigenvalue weighted by atomic mass is 9.83. The van der Waals surface area contributed by atoms with Gasteiger partial charge >= 0.3 is 0 Å². The molecule has 1 aromatic carbocycles. The third-order valence-corrected chi connectivity index (χ3v) is 5.01. The molecule has 0 aromatic heterocycles. The maximum Gasteiger partial charge on any atom is 0.240 e. The van der Waals surface area contributed by atoms with E-state index in [1.54, 1.807) is 24.3 Å². The summed E-state index contributed by atoms with van der Waals surface area (Å²) >= 11 is 0. The Morgan fingerprint density at radius 3 is 2.80 bits per heavy atom. The average molecular weight is 292 g/mol. The summed E-state index contributed by atoms with van der Waals surface area (Å²) in [5.74, 6) is 6.26. The second-order valence-corrected chi connectivity index (χ2v) is 6.78. The van der Waals surface area contributed by atoms with Gasteiger partial charge in [0.2, 0.25) is 10.0 Å². The number of hydrogen-bond acceptors (Lipinski definition) is 3. The van der Waals surface area contributed by atoms with E-state index in [0.717, 1.165) is 6.42 Å². The van der Waals surface area contributed by atoms with Gasteiger partial charge < -0.3 is 5.73 Å². The molecule has 2 rings (SSSR count). The van der Waals surface area contributed by atoms with Crippen molar-refractivity contribution in [1.82, 2.24) is 4.72 Å². The van der Waals surface area contributed by atoms with Crippen molar-refractivity contribution in [1.29, 1.82) is 0 Å². The van der Waals surface area contributed by atoms with Crippen LogP contribution in [0.1, 0.15) is 31.2 Å². The second-order valence-electron chi connectivity index (χ2n) is 5.02. The van der Waals surface area contributed by atoms with Crippen LogP contribution < -0.4 is 10.5 Å². The summed E-state index contributed by atoms with van der Waals surface area (Å²) in [4.78, 5) is 0.259. The molecule has 1 saturated carbocycles. The second kappa shape index (κ2) is 6.89. The largest absolute Gasteiger partial charge is 0.320 e. The molecule has 0 atom stereocenters. The molecule has 0 aliphatic heterocycles. The molecule has 1 aromatic rings. The summed E-state index contributed by atoms with van der Waals surface area (Å²) in [6, 6.07) is 6.63. The van der Waals surface area contributed by atoms with Crippen molar-refractivity contribution in [3.63, 3.8) is 0 Å². The van der Waals surface area contributed by atoms with Crippen LogP contribution in [-0.2, 0) is 10.0 Å². The molecule has 0 bridgehead atoms. The SMILES string of the molecule is NCC#Cc1cccc(S(=O)(=O)NCCC2CCC2)c1. The number of rotatable bonds is 5. The molecule has 0 saturated heterocycles. The van der Waals surface area contributed by atoms with E-state index in [1.807, 2.05) is 0 Å². The summed E-state index contributed by atoms with van der Waals surface area (Å²) in [6.07, 6.45) is 4.66. The van der Waals surface area contributed by atoms with E-state index in [9.17, 15) is 8.42 Å². The van der Waals surface area contributed by atoms with Crippen LogP contribution in [0.4, 0.5) is 0 Å². The van der Waals surface area contributed by atoms with Crippen molar-refractivity contribution < 1.29 is 8.42 Å². The number of nitrogens with one attached hydrogen (secondary N) is 1. The van der Waals surface area contributed by atoms with Crippen molar-refractivity contribution >= 4 is 10.0 Å². The van der Waals surface area contributed by atoms with E-state index in [0.29, 0.717) is 18.0 Å². The zero-order valence-electron chi connectivity index (χ0n) is 11.4. The first kappa shape index (κ1) is 15.0. The van der Waals surface area contributed by atoms with Gasteiger partial charge in [-0.05, 0) is 30.5 Å². The minimum atomic E-state index is -3.44. The Kier molecular flexibility index (Phi) is 5.18. The molecular formula is C15H20N2O2S. The third-order valence-electron chi connectivity index (χ3n) is 3.55. The molecule has 1 aliphatic carbocycles. The molecule has 0 radical (unpaired) electrons. The van der Waals surface area contributed by atoms with Gasteiger partial charge in [0.1, 0.15) is 0 Å². The number of sulfonamides is 1. The van der Waals surface area contributed by atoms with Gasteiger partial charge in [-0.1, -0.05) is 37.2 Å². The van der Waals surface area contributed by atoms with Crippen LogP contribution in [0.5, 0.6) is 0 Å². The van der Waals surface area contributed by atoms with Crippen LogP contribution in [-0.4, -0.2) is 21.5 Å². The van der Waals surface area contributed by atoms with Gasteiger partial charge in [-0.25, -0.2) is 13.1 Å². The van der Waals surface area contributed by atoms with E-state index >= 15 is 0 Å². The lowest BCUT2D eigenvalue weighted by Gasteiger charge is -2.25. The van der Waals surface area contributed by atoms with E-state index in [4.69, 9.17) is 5.73 Å². The highest BCUT2D eigenvalue weighted by molar-refractivity contribution is 7.89. The molecule has 0 unspecified atom stereocenters. The Labute approximate surface area is 120 Å². The standard InChI is InChI=1S/C15H20N2O2S/c16-10-3-7-14-6-2-8-15(12-14)20(18,19)17-11-9-13-4-1-5-13/h2,6,8,12-13,17H,1,4-5,9-11,16H2. The lowest BCUT2D eigenvalue weighted by Crippen LogP contribution is -2.27. The van der Waals surface area contributed by atoms with Crippen molar-refractivity contribution in [2.45, 2.75) is 30.6 Å². The van der Waals surface area contributed by atoms with Crippen LogP contribution in [0.15, 0.2) is 29.2 Å². The molecule has 0 heterocycles. The maximum absolute atomic E-state index is 12.2. The van der Waals surface area contributed by atoms with E-state index in [1.165, 1.54) is 19.3 Å². The fourth-order valence-corrected chi connectivity index (χ4v) is 3.25. The fraction of sp³-hybridized carbons (Fsp3) is 0.467. The fourth-order valence-electron chi connectivity index (χ4n) is 2.16. The first-order chi connectivity index (χ1) is 9.62. The minimum Gasteiger partial charge on any atom is -0.320 e. The third kappa shape index (κ3) is 4.07. The molecule has 0 amide bonds. The Bertz CT molecular complexity index is 610. The molecule has 1 aliphatic rings. The molecule has 5 heteroatoms. The van der Waals surface area contributed by atoms with Gasteiger partial charge in [0.05, 0.1) is 11.4 Å². The molecule has 1 fully saturated rings. The Hall–Kier alpha value is -1.35. The van der Waals surface area contributed by atoms with E-state index in [-0.39, 0.29) is 11.4 Å². The summed E-state index contributed by atoms with van der Waals surface area (Å²) in [7, 11) is -3.44. The van der Waals surface area contributed by atoms with Crippen LogP contribution in [0, 0.1) is 17.8 Å². The minimum absolute atomic E-state index is 0.259. The van der Waals surface area contributed by atoms with Crippen LogP contribution in [0.2, 0.25) is 0 Å². The number of hydrogen-bond donors (Lipinski definition) is 2. The highest BCUT2D eigenvalue weighted by Crippen LogP contribution is 2.28. The Morgan fingerprint density at radius 1 is 1.35 bits per heavy atom. The van der Waals surface area contributed by atoms with Gasteiger partial charge in [-0.15, -0.1) is 0 Å². The number of nitrogens with two attached hydrogens (primary N) is 1. The van der Waals surface area contributed by atoms with Gasteiger partial charge in [-0.3, -0.25) is 0 Å². The van der Waals surface area contributed by atoms with Gasteiger partial charge in [-0.2, -0.15) is 0 Å². The summed E-state index contributed by atoms with van der Waals surface area (Å²) in [5.41, 5.74) is 5.97. The smallest absolute Gasteiger partial charge is 0.240 e. The predicted molar refractivity (Wildman–Crippen MR) is 79.5 cm³/mol. The van der Waals surface area contributed by atoms with Crippen LogP contribution in [0.25, 0.3) is 0 Å². The van der Waals surface area contributed by atoms with Crippen molar-refractivity contribution in [2.75, 3.05) is 13.1 Å². The highest BCUT2D eigenvalue weighted by atomic mass is 32.2. The number of benzene rings is 1. The first-order valence-corrected chi connectivity index (χ1v) is 8.39. The predicted octanol–water partition coefficient (Wildman–Crippen LogP) is 1.47.